The fraction of sp³-hybridized carbons (Fsp3) is 0.179. The van der Waals surface area contributed by atoms with Crippen LogP contribution in [0.1, 0.15) is 24.9 Å². The Kier molecular flexibility index (Phi) is 18.1. The summed E-state index contributed by atoms with van der Waals surface area (Å²) in [6.07, 6.45) is 2.94. The van der Waals surface area contributed by atoms with Gasteiger partial charge < -0.3 is 10.3 Å². The fourth-order valence-corrected chi connectivity index (χ4v) is 39.2. The number of carbonyl (C=O) groups is 3. The minimum absolute atomic E-state index is 0.0380. The van der Waals surface area contributed by atoms with Crippen molar-refractivity contribution in [2.45, 2.75) is 39.1 Å². The molecule has 8 rings (SSSR count). The maximum absolute atomic E-state index is 13.9. The van der Waals surface area contributed by atoms with Gasteiger partial charge in [0.15, 0.2) is 23.1 Å². The van der Waals surface area contributed by atoms with E-state index in [4.69, 9.17) is 38.9 Å². The van der Waals surface area contributed by atoms with E-state index in [1.54, 1.807) is 44.2 Å². The summed E-state index contributed by atoms with van der Waals surface area (Å²) in [7, 11) is 0.0761. The number of nitrogens with zero attached hydrogens (tertiary/aromatic N) is 10. The van der Waals surface area contributed by atoms with Crippen LogP contribution in [0.3, 0.4) is 0 Å². The van der Waals surface area contributed by atoms with Crippen LogP contribution in [0.4, 0.5) is 38.2 Å². The first-order valence-corrected chi connectivity index (χ1v) is 36.8. The first kappa shape index (κ1) is 52.3. The van der Waals surface area contributed by atoms with Gasteiger partial charge in [0, 0.05) is 5.69 Å². The number of hydrogen-bond acceptors (Lipinski definition) is 25. The summed E-state index contributed by atoms with van der Waals surface area (Å²) in [4.78, 5) is 75.2. The molecule has 5 heterocycles. The number of aliphatic imine (C=N–C) groups is 6. The quantitative estimate of drug-likeness (QED) is 0.0266. The molecule has 3 aromatic carbocycles. The van der Waals surface area contributed by atoms with E-state index < -0.39 is 60.1 Å². The van der Waals surface area contributed by atoms with Gasteiger partial charge >= 0.3 is 245 Å². The third-order valence-electron chi connectivity index (χ3n) is 8.79. The average Bonchev–Trinajstić information content (AvgIpc) is 4.12. The van der Waals surface area contributed by atoms with Crippen LogP contribution in [-0.2, 0) is 24.3 Å². The molecule has 3 aliphatic rings. The number of amides is 3. The summed E-state index contributed by atoms with van der Waals surface area (Å²) < 4.78 is 40.6. The van der Waals surface area contributed by atoms with E-state index in [1.165, 1.54) is 105 Å². The second kappa shape index (κ2) is 24.6. The number of fused-ring (bicyclic) bond motifs is 3. The summed E-state index contributed by atoms with van der Waals surface area (Å²) >= 11 is 11.9. The van der Waals surface area contributed by atoms with Crippen molar-refractivity contribution in [2.24, 2.45) is 40.2 Å². The molecule has 2 aromatic heterocycles. The Hall–Kier alpha value is -5.07. The minimum atomic E-state index is -4.04. The number of sulfonamides is 1. The number of aromatic nitrogens is 3. The van der Waals surface area contributed by atoms with Crippen molar-refractivity contribution >= 4 is 207 Å². The van der Waals surface area contributed by atoms with Crippen molar-refractivity contribution in [1.82, 2.24) is 25.6 Å². The second-order valence-corrected chi connectivity index (χ2v) is 40.2. The van der Waals surface area contributed by atoms with Gasteiger partial charge in [-0.2, -0.15) is 4.99 Å². The summed E-state index contributed by atoms with van der Waals surface area (Å²) in [6.45, 7) is 3.74. The van der Waals surface area contributed by atoms with Gasteiger partial charge in [-0.3, -0.25) is 14.5 Å². The molecule has 71 heavy (non-hydrogen) atoms. The van der Waals surface area contributed by atoms with E-state index in [0.717, 1.165) is 14.6 Å². The monoisotopic (exact) mass is 1230 g/mol. The van der Waals surface area contributed by atoms with Crippen LogP contribution < -0.4 is 20.7 Å². The Morgan fingerprint density at radius 1 is 0.915 bits per heavy atom. The third kappa shape index (κ3) is 14.3. The molecule has 0 saturated carbocycles. The molecule has 0 radical (unpaired) electrons. The van der Waals surface area contributed by atoms with Gasteiger partial charge in [0.1, 0.15) is 22.3 Å². The van der Waals surface area contributed by atoms with Gasteiger partial charge in [-0.25, -0.2) is 33.4 Å². The number of aromatic amines is 1. The van der Waals surface area contributed by atoms with Crippen LogP contribution in [0.15, 0.2) is 122 Å². The van der Waals surface area contributed by atoms with E-state index in [1.807, 2.05) is 12.1 Å². The van der Waals surface area contributed by atoms with Crippen LogP contribution in [0.25, 0.3) is 10.2 Å². The zero-order chi connectivity index (χ0) is 49.9. The van der Waals surface area contributed by atoms with Crippen LogP contribution >= 0.6 is 85.8 Å². The Labute approximate surface area is 442 Å². The van der Waals surface area contributed by atoms with Gasteiger partial charge in [0.05, 0.1) is 22.9 Å². The third-order valence-corrected chi connectivity index (χ3v) is 36.9. The molecule has 3 amide bonds. The van der Waals surface area contributed by atoms with E-state index in [-0.39, 0.29) is 32.4 Å². The number of carbonyl (C=O) groups excluding carboxylic acids is 3. The maximum atomic E-state index is 13.9. The number of imidazole rings is 1. The first-order chi connectivity index (χ1) is 34.3. The molecule has 22 nitrogen and oxygen atoms in total. The van der Waals surface area contributed by atoms with Crippen molar-refractivity contribution in [1.29, 1.82) is 0 Å². The zero-order valence-electron chi connectivity index (χ0n) is 36.2. The molecule has 3 atom stereocenters. The van der Waals surface area contributed by atoms with Gasteiger partial charge in [0.25, 0.3) is 10.0 Å². The SMILES string of the molecule is CCOC(=O)NC(=S)[S][Sb]([S]C(=S)NC(=O)OCC)[S]c1nc2ccc(N=Nc3ccc(NS(=O)(=O)c4ccc(NC(=O)C(SC5=NC=NC6=NC=NC65)SC5N=C=Nc6nc[nH]c65)cc4)cc3)cc2s1. The number of thioether (sulfide) groups is 2. The van der Waals surface area contributed by atoms with Crippen molar-refractivity contribution in [3.63, 3.8) is 0 Å². The molecule has 0 bridgehead atoms. The standard InChI is InChI=1S/C31H21N13O3S5.2C4H7NO2S2.Sb/c45-27(30(50-28-23-25(34-12-32-23)36-14-38-28)51-29-24-26(35-13-33-24)37-15-39-29)40-16-5-8-20(9-6-16)52(46,47)44-18-3-1-17(2-4-18)42-43-19-7-10-21-22(11-19)49-31(48)41-21;2*1-2-7-3(6)5-4(8)9;/h1-14,23,29-30,44H,(H,33,35)(H,40,45)(H,41,48);2*2H2,1H3,(H2,5,6,8,9);/q;;;+3/p-3. The summed E-state index contributed by atoms with van der Waals surface area (Å²) in [5, 5.41) is 16.6. The van der Waals surface area contributed by atoms with Crippen LogP contribution in [0, 0.1) is 0 Å². The number of rotatable bonds is 16. The number of thiazole rings is 1. The molecular formula is C39H32N15O7S9Sb. The summed E-state index contributed by atoms with van der Waals surface area (Å²) in [5.74, 6) is 0.475. The van der Waals surface area contributed by atoms with Crippen molar-refractivity contribution in [3.8, 4) is 0 Å². The predicted molar refractivity (Wildman–Crippen MR) is 294 cm³/mol. The number of azo groups is 1. The molecule has 3 aliphatic heterocycles. The number of amidine groups is 1. The molecule has 5 aromatic rings. The fourth-order valence-electron chi connectivity index (χ4n) is 5.75. The summed E-state index contributed by atoms with van der Waals surface area (Å²) in [5.41, 5.74) is 3.00. The first-order valence-electron chi connectivity index (χ1n) is 20.2. The Bertz CT molecular complexity index is 3180. The van der Waals surface area contributed by atoms with Crippen molar-refractivity contribution < 1.29 is 32.3 Å². The second-order valence-electron chi connectivity index (χ2n) is 13.5. The molecule has 0 spiro atoms. The summed E-state index contributed by atoms with van der Waals surface area (Å²) in [6, 6.07) is 19.6. The molecule has 0 aliphatic carbocycles. The molecule has 364 valence electrons. The van der Waals surface area contributed by atoms with Gasteiger partial charge in [-0.15, -0.1) is 11.8 Å². The molecule has 3 unspecified atom stereocenters. The number of thiocarbonyl (C=S) groups is 2. The number of hydrogen-bond donors (Lipinski definition) is 5. The number of ether oxygens (including phenoxy) is 2. The van der Waals surface area contributed by atoms with Crippen molar-refractivity contribution in [2.75, 3.05) is 23.3 Å². The van der Waals surface area contributed by atoms with E-state index in [2.05, 4.69) is 76.8 Å². The van der Waals surface area contributed by atoms with Gasteiger partial charge in [-0.05, 0) is 24.3 Å². The number of nitrogens with one attached hydrogen (secondary N) is 5. The van der Waals surface area contributed by atoms with Gasteiger partial charge in [-0.1, -0.05) is 11.8 Å². The molecule has 0 fully saturated rings. The van der Waals surface area contributed by atoms with E-state index >= 15 is 0 Å². The number of alkyl carbamates (subject to hydrolysis) is 2. The Morgan fingerprint density at radius 2 is 1.61 bits per heavy atom. The van der Waals surface area contributed by atoms with Gasteiger partial charge in [0.2, 0.25) is 5.91 Å². The number of H-pyrrole nitrogens is 1. The molecule has 5 N–H and O–H groups in total. The number of anilines is 2. The number of benzene rings is 3. The van der Waals surface area contributed by atoms with E-state index in [0.29, 0.717) is 39.5 Å². The Balaban J connectivity index is 0.876. The Morgan fingerprint density at radius 3 is 2.32 bits per heavy atom. The average molecular weight is 1230 g/mol. The molecule has 32 heteroatoms. The van der Waals surface area contributed by atoms with E-state index in [9.17, 15) is 22.8 Å². The van der Waals surface area contributed by atoms with Crippen LogP contribution in [0.5, 0.6) is 0 Å². The predicted octanol–water partition coefficient (Wildman–Crippen LogP) is 9.34. The van der Waals surface area contributed by atoms with Crippen LogP contribution in [0.2, 0.25) is 0 Å². The molecular weight excluding hydrogens is 1200 g/mol. The topological polar surface area (TPSA) is 292 Å². The zero-order valence-corrected chi connectivity index (χ0v) is 46.1. The van der Waals surface area contributed by atoms with Crippen LogP contribution in [-0.4, -0.2) is 120 Å². The van der Waals surface area contributed by atoms with Crippen molar-refractivity contribution in [3.05, 3.63) is 78.8 Å². The molecule has 0 saturated heterocycles. The normalized spacial score (nSPS) is 16.0.